The van der Waals surface area contributed by atoms with E-state index in [4.69, 9.17) is 51.8 Å². The Labute approximate surface area is 240 Å². The number of benzene rings is 2. The van der Waals surface area contributed by atoms with E-state index in [2.05, 4.69) is 10.2 Å². The van der Waals surface area contributed by atoms with Crippen molar-refractivity contribution in [3.05, 3.63) is 64.7 Å². The lowest BCUT2D eigenvalue weighted by Gasteiger charge is -2.57. The van der Waals surface area contributed by atoms with Crippen molar-refractivity contribution in [2.24, 2.45) is 0 Å². The SMILES string of the molecule is [B]C([B])(Nc1cccc2c1CN(C1(O)C(=O)NC(=O)C([B])([B])C1([B])[B])C2=O)c1cccc(CN2CCOCC2)c1. The largest absolute Gasteiger partial charge is 0.392 e. The molecule has 0 saturated carbocycles. The number of imide groups is 1. The standard InChI is InChI=1S/C25H22B6N4O5/c26-22(27)20(37)32-21(38)23(39,25(22,30)31)35-13-17-16(19(35)36)5-2-6-18(17)33-24(28,29)15-4-1-3-14(11-15)12-34-7-9-40-10-8-34/h1-6,11,33,39H,7-10,12-13H2,(H,32,37,38). The van der Waals surface area contributed by atoms with Crippen LogP contribution in [0.1, 0.15) is 27.0 Å². The van der Waals surface area contributed by atoms with E-state index in [0.717, 1.165) is 23.6 Å². The fourth-order valence-electron chi connectivity index (χ4n) is 5.25. The number of piperidine rings is 1. The first-order valence-corrected chi connectivity index (χ1v) is 12.6. The molecule has 3 aliphatic rings. The summed E-state index contributed by atoms with van der Waals surface area (Å²) in [6.45, 7) is 3.34. The van der Waals surface area contributed by atoms with Gasteiger partial charge < -0.3 is 15.2 Å². The van der Waals surface area contributed by atoms with Gasteiger partial charge in [-0.1, -0.05) is 30.3 Å². The van der Waals surface area contributed by atoms with Gasteiger partial charge in [-0.15, -0.1) is 0 Å². The van der Waals surface area contributed by atoms with Gasteiger partial charge in [0.15, 0.2) is 0 Å². The summed E-state index contributed by atoms with van der Waals surface area (Å²) >= 11 is 0. The average molecular weight is 523 g/mol. The van der Waals surface area contributed by atoms with Gasteiger partial charge in [0.05, 0.1) is 66.8 Å². The van der Waals surface area contributed by atoms with Crippen LogP contribution >= 0.6 is 0 Å². The monoisotopic (exact) mass is 524 g/mol. The number of carbonyl (C=O) groups is 3. The molecule has 2 aromatic rings. The number of nitrogens with one attached hydrogen (secondary N) is 2. The third-order valence-corrected chi connectivity index (χ3v) is 7.80. The van der Waals surface area contributed by atoms with Crippen LogP contribution in [0.25, 0.3) is 0 Å². The van der Waals surface area contributed by atoms with E-state index in [9.17, 15) is 19.5 Å². The van der Waals surface area contributed by atoms with Gasteiger partial charge >= 0.3 is 0 Å². The molecule has 12 radical (unpaired) electrons. The summed E-state index contributed by atoms with van der Waals surface area (Å²) in [4.78, 5) is 41.5. The van der Waals surface area contributed by atoms with Crippen LogP contribution in [0.2, 0.25) is 10.4 Å². The van der Waals surface area contributed by atoms with Gasteiger partial charge in [0, 0.05) is 36.4 Å². The first-order chi connectivity index (χ1) is 18.7. The van der Waals surface area contributed by atoms with Crippen molar-refractivity contribution in [3.8, 4) is 0 Å². The molecule has 3 heterocycles. The molecule has 2 fully saturated rings. The highest BCUT2D eigenvalue weighted by atomic mass is 16.5. The maximum Gasteiger partial charge on any atom is 0.278 e. The Bertz CT molecular complexity index is 1380. The van der Waals surface area contributed by atoms with E-state index in [1.807, 2.05) is 23.5 Å². The minimum atomic E-state index is -2.98. The maximum absolute atomic E-state index is 13.5. The molecule has 0 aliphatic carbocycles. The second-order valence-corrected chi connectivity index (χ2v) is 10.5. The van der Waals surface area contributed by atoms with Gasteiger partial charge in [0.25, 0.3) is 11.8 Å². The molecule has 1 atom stereocenters. The molecule has 3 aliphatic heterocycles. The highest BCUT2D eigenvalue weighted by Crippen LogP contribution is 2.55. The summed E-state index contributed by atoms with van der Waals surface area (Å²) in [5.74, 6) is -3.34. The van der Waals surface area contributed by atoms with E-state index in [0.29, 0.717) is 36.6 Å². The Morgan fingerprint density at radius 2 is 1.68 bits per heavy atom. The van der Waals surface area contributed by atoms with Crippen molar-refractivity contribution in [2.75, 3.05) is 31.6 Å². The molecule has 1 unspecified atom stereocenters. The first-order valence-electron chi connectivity index (χ1n) is 12.6. The maximum atomic E-state index is 13.5. The number of carbonyl (C=O) groups excluding carboxylic acids is 3. The van der Waals surface area contributed by atoms with Gasteiger partial charge in [-0.3, -0.25) is 29.5 Å². The van der Waals surface area contributed by atoms with Crippen LogP contribution in [0.5, 0.6) is 0 Å². The summed E-state index contributed by atoms with van der Waals surface area (Å²) in [5.41, 5.74) is -0.551. The van der Waals surface area contributed by atoms with Crippen molar-refractivity contribution >= 4 is 70.5 Å². The van der Waals surface area contributed by atoms with E-state index in [1.165, 1.54) is 6.07 Å². The average Bonchev–Trinajstić information content (AvgIpc) is 3.25. The molecular weight excluding hydrogens is 501 g/mol. The Morgan fingerprint density at radius 3 is 2.38 bits per heavy atom. The quantitative estimate of drug-likeness (QED) is 0.306. The van der Waals surface area contributed by atoms with Gasteiger partial charge in [-0.25, -0.2) is 0 Å². The predicted octanol–water partition coefficient (Wildman–Crippen LogP) is -1.71. The lowest BCUT2D eigenvalue weighted by molar-refractivity contribution is -0.172. The zero-order chi connectivity index (χ0) is 29.1. The van der Waals surface area contributed by atoms with Crippen molar-refractivity contribution in [3.63, 3.8) is 0 Å². The highest BCUT2D eigenvalue weighted by molar-refractivity contribution is 6.64. The molecule has 2 saturated heterocycles. The van der Waals surface area contributed by atoms with Gasteiger partial charge in [-0.2, -0.15) is 0 Å². The summed E-state index contributed by atoms with van der Waals surface area (Å²) in [6.07, 6.45) is 0. The molecule has 3 N–H and O–H groups in total. The minimum Gasteiger partial charge on any atom is -0.392 e. The van der Waals surface area contributed by atoms with Crippen molar-refractivity contribution in [1.82, 2.24) is 15.1 Å². The van der Waals surface area contributed by atoms with Crippen LogP contribution in [0.4, 0.5) is 5.69 Å². The number of ether oxygens (including phenoxy) is 1. The van der Waals surface area contributed by atoms with Crippen LogP contribution in [0.3, 0.4) is 0 Å². The Kier molecular flexibility index (Phi) is 7.08. The second-order valence-electron chi connectivity index (χ2n) is 10.5. The zero-order valence-electron chi connectivity index (χ0n) is 21.7. The Balaban J connectivity index is 1.43. The van der Waals surface area contributed by atoms with E-state index >= 15 is 0 Å². The summed E-state index contributed by atoms with van der Waals surface area (Å²) in [5, 5.41) is 9.48. The first kappa shape index (κ1) is 28.6. The van der Waals surface area contributed by atoms with Crippen molar-refractivity contribution in [2.45, 2.75) is 34.6 Å². The summed E-state index contributed by atoms with van der Waals surface area (Å²) < 4.78 is 5.41. The lowest BCUT2D eigenvalue weighted by Crippen LogP contribution is -2.74. The molecule has 9 nitrogen and oxygen atoms in total. The Morgan fingerprint density at radius 1 is 1.00 bits per heavy atom. The molecule has 40 heavy (non-hydrogen) atoms. The Hall–Kier alpha value is -2.88. The molecule has 3 amide bonds. The highest BCUT2D eigenvalue weighted by Gasteiger charge is 2.66. The van der Waals surface area contributed by atoms with Crippen LogP contribution in [0, 0.1) is 0 Å². The lowest BCUT2D eigenvalue weighted by atomic mass is 9.25. The normalized spacial score (nSPS) is 24.4. The smallest absolute Gasteiger partial charge is 0.278 e. The van der Waals surface area contributed by atoms with Crippen molar-refractivity contribution in [1.29, 1.82) is 0 Å². The number of anilines is 1. The van der Waals surface area contributed by atoms with Crippen LogP contribution in [-0.4, -0.2) is 112 Å². The molecule has 15 heteroatoms. The van der Waals surface area contributed by atoms with E-state index in [1.54, 1.807) is 18.2 Å². The summed E-state index contributed by atoms with van der Waals surface area (Å²) in [6, 6.07) is 12.2. The molecule has 0 bridgehead atoms. The molecule has 2 aromatic carbocycles. The van der Waals surface area contributed by atoms with Crippen LogP contribution < -0.4 is 10.6 Å². The van der Waals surface area contributed by atoms with Gasteiger partial charge in [0.1, 0.15) is 0 Å². The van der Waals surface area contributed by atoms with Crippen LogP contribution in [0.15, 0.2) is 42.5 Å². The molecular formula is C25H22B6N4O5. The van der Waals surface area contributed by atoms with E-state index in [-0.39, 0.29) is 12.1 Å². The molecule has 0 aromatic heterocycles. The molecule has 0 spiro atoms. The third kappa shape index (κ3) is 4.43. The number of hydrogen-bond acceptors (Lipinski definition) is 7. The number of rotatable bonds is 6. The summed E-state index contributed by atoms with van der Waals surface area (Å²) in [7, 11) is 36.7. The van der Waals surface area contributed by atoms with E-state index < -0.39 is 39.2 Å². The number of hydrogen-bond donors (Lipinski definition) is 3. The zero-order valence-corrected chi connectivity index (χ0v) is 21.7. The third-order valence-electron chi connectivity index (χ3n) is 7.80. The molecule has 190 valence electrons. The topological polar surface area (TPSA) is 111 Å². The minimum absolute atomic E-state index is 0.121. The fraction of sp³-hybridized carbons (Fsp3) is 0.400. The van der Waals surface area contributed by atoms with Crippen molar-refractivity contribution < 1.29 is 24.2 Å². The van der Waals surface area contributed by atoms with Crippen LogP contribution in [-0.2, 0) is 32.8 Å². The number of nitrogens with zero attached hydrogens (tertiary/aromatic N) is 2. The molecule has 5 rings (SSSR count). The number of amides is 3. The number of fused-ring (bicyclic) bond motifs is 1. The van der Waals surface area contributed by atoms with Gasteiger partial charge in [-0.05, 0) is 39.0 Å². The fourth-order valence-corrected chi connectivity index (χ4v) is 5.25. The number of aliphatic hydroxyl groups is 1. The number of morpholine rings is 1. The predicted molar refractivity (Wildman–Crippen MR) is 152 cm³/mol. The van der Waals surface area contributed by atoms with Gasteiger partial charge in [0.2, 0.25) is 11.6 Å². The second kappa shape index (κ2) is 9.89.